The highest BCUT2D eigenvalue weighted by Crippen LogP contribution is 2.33. The van der Waals surface area contributed by atoms with E-state index in [0.29, 0.717) is 19.0 Å². The Morgan fingerprint density at radius 3 is 2.50 bits per heavy atom. The molecule has 2 saturated heterocycles. The van der Waals surface area contributed by atoms with Gasteiger partial charge in [0, 0.05) is 32.5 Å². The van der Waals surface area contributed by atoms with Gasteiger partial charge in [0.25, 0.3) is 0 Å². The number of fused-ring (bicyclic) bond motifs is 1. The molecule has 1 N–H and O–H groups in total. The zero-order chi connectivity index (χ0) is 16.5. The van der Waals surface area contributed by atoms with Gasteiger partial charge in [-0.25, -0.2) is 0 Å². The minimum absolute atomic E-state index is 0.351. The van der Waals surface area contributed by atoms with Crippen molar-refractivity contribution in [1.82, 2.24) is 4.90 Å². The third-order valence-electron chi connectivity index (χ3n) is 5.57. The Morgan fingerprint density at radius 2 is 1.75 bits per heavy atom. The molecule has 5 heteroatoms. The summed E-state index contributed by atoms with van der Waals surface area (Å²) in [5.41, 5.74) is 1.32. The second-order valence-electron chi connectivity index (χ2n) is 7.56. The number of nitrogens with zero attached hydrogens (tertiary/aromatic N) is 1. The lowest BCUT2D eigenvalue weighted by Gasteiger charge is -2.41. The van der Waals surface area contributed by atoms with Crippen molar-refractivity contribution in [3.63, 3.8) is 0 Å². The van der Waals surface area contributed by atoms with Crippen LogP contribution < -0.4 is 14.4 Å². The summed E-state index contributed by atoms with van der Waals surface area (Å²) in [6, 6.07) is 7.12. The predicted molar refractivity (Wildman–Crippen MR) is 91.6 cm³/mol. The van der Waals surface area contributed by atoms with Crippen LogP contribution in [0.2, 0.25) is 0 Å². The molecule has 1 aromatic rings. The van der Waals surface area contributed by atoms with E-state index in [1.165, 1.54) is 31.5 Å². The maximum absolute atomic E-state index is 5.89. The number of piperidine rings is 1. The standard InChI is InChI=1S/C19H28N2O3/c1-14-10-21(11-15(2)24-14)17-5-7-20(8-6-17)12-16-3-4-18-19(9-16)23-13-22-18/h3-4,9,14-15,17H,5-8,10-13H2,1-2H3/p+1. The molecule has 4 rings (SSSR count). The van der Waals surface area contributed by atoms with Crippen LogP contribution >= 0.6 is 0 Å². The Kier molecular flexibility index (Phi) is 4.66. The maximum atomic E-state index is 5.89. The van der Waals surface area contributed by atoms with E-state index in [0.717, 1.165) is 37.2 Å². The van der Waals surface area contributed by atoms with Gasteiger partial charge in [-0.15, -0.1) is 0 Å². The van der Waals surface area contributed by atoms with Gasteiger partial charge in [-0.1, -0.05) is 6.07 Å². The van der Waals surface area contributed by atoms with Gasteiger partial charge in [0.05, 0.1) is 6.04 Å². The van der Waals surface area contributed by atoms with Crippen LogP contribution in [-0.2, 0) is 11.3 Å². The Balaban J connectivity index is 1.30. The summed E-state index contributed by atoms with van der Waals surface area (Å²) in [4.78, 5) is 4.32. The topological polar surface area (TPSA) is 35.4 Å². The Hall–Kier alpha value is -1.30. The molecule has 0 aliphatic carbocycles. The van der Waals surface area contributed by atoms with Crippen LogP contribution in [0.25, 0.3) is 0 Å². The number of rotatable bonds is 3. The number of quaternary nitrogens is 1. The van der Waals surface area contributed by atoms with Crippen LogP contribution in [0.4, 0.5) is 0 Å². The van der Waals surface area contributed by atoms with Crippen molar-refractivity contribution in [2.75, 3.05) is 33.0 Å². The maximum Gasteiger partial charge on any atom is 0.231 e. The van der Waals surface area contributed by atoms with Gasteiger partial charge in [0.2, 0.25) is 6.79 Å². The number of nitrogens with one attached hydrogen (secondary N) is 1. The van der Waals surface area contributed by atoms with E-state index in [1.54, 1.807) is 4.90 Å². The highest BCUT2D eigenvalue weighted by Gasteiger charge is 2.33. The molecule has 0 bridgehead atoms. The molecule has 3 aliphatic rings. The molecule has 24 heavy (non-hydrogen) atoms. The van der Waals surface area contributed by atoms with Crippen molar-refractivity contribution in [3.05, 3.63) is 23.8 Å². The summed E-state index contributed by atoms with van der Waals surface area (Å²) in [6.45, 7) is 10.5. The van der Waals surface area contributed by atoms with Crippen molar-refractivity contribution in [1.29, 1.82) is 0 Å². The molecule has 1 aromatic carbocycles. The SMILES string of the molecule is CC1C[NH+](C2CCN(Cc3ccc4c(c3)OCO4)CC2)CC(C)O1. The van der Waals surface area contributed by atoms with Gasteiger partial charge in [-0.3, -0.25) is 4.90 Å². The van der Waals surface area contributed by atoms with Crippen LogP contribution in [0.3, 0.4) is 0 Å². The van der Waals surface area contributed by atoms with Crippen LogP contribution in [-0.4, -0.2) is 56.1 Å². The van der Waals surface area contributed by atoms with E-state index >= 15 is 0 Å². The first-order valence-electron chi connectivity index (χ1n) is 9.28. The monoisotopic (exact) mass is 333 g/mol. The molecular weight excluding hydrogens is 304 g/mol. The molecule has 2 fully saturated rings. The quantitative estimate of drug-likeness (QED) is 0.898. The summed E-state index contributed by atoms with van der Waals surface area (Å²) in [7, 11) is 0. The molecule has 0 aromatic heterocycles. The van der Waals surface area contributed by atoms with Gasteiger partial charge in [0.15, 0.2) is 11.5 Å². The molecular formula is C19H29N2O3+. The van der Waals surface area contributed by atoms with Crippen LogP contribution in [0.15, 0.2) is 18.2 Å². The zero-order valence-electron chi connectivity index (χ0n) is 14.8. The number of hydrogen-bond donors (Lipinski definition) is 1. The van der Waals surface area contributed by atoms with Gasteiger partial charge in [-0.2, -0.15) is 0 Å². The van der Waals surface area contributed by atoms with Crippen molar-refractivity contribution in [2.24, 2.45) is 0 Å². The van der Waals surface area contributed by atoms with E-state index in [4.69, 9.17) is 14.2 Å². The summed E-state index contributed by atoms with van der Waals surface area (Å²) in [5.74, 6) is 1.76. The van der Waals surface area contributed by atoms with Crippen molar-refractivity contribution in [2.45, 2.75) is 51.5 Å². The second kappa shape index (κ2) is 6.90. The van der Waals surface area contributed by atoms with Crippen LogP contribution in [0.1, 0.15) is 32.3 Å². The lowest BCUT2D eigenvalue weighted by Crippen LogP contribution is -3.19. The van der Waals surface area contributed by atoms with Gasteiger partial charge in [-0.05, 0) is 31.5 Å². The highest BCUT2D eigenvalue weighted by atomic mass is 16.7. The highest BCUT2D eigenvalue weighted by molar-refractivity contribution is 5.44. The predicted octanol–water partition coefficient (Wildman–Crippen LogP) is 1.07. The zero-order valence-corrected chi connectivity index (χ0v) is 14.8. The van der Waals surface area contributed by atoms with E-state index < -0.39 is 0 Å². The lowest BCUT2D eigenvalue weighted by molar-refractivity contribution is -0.940. The van der Waals surface area contributed by atoms with Gasteiger partial charge < -0.3 is 19.1 Å². The molecule has 0 saturated carbocycles. The first-order valence-corrected chi connectivity index (χ1v) is 9.28. The minimum Gasteiger partial charge on any atom is -0.454 e. The molecule has 3 aliphatic heterocycles. The average molecular weight is 333 g/mol. The number of likely N-dealkylation sites (tertiary alicyclic amines) is 1. The number of morpholine rings is 1. The second-order valence-corrected chi connectivity index (χ2v) is 7.56. The van der Waals surface area contributed by atoms with E-state index in [-0.39, 0.29) is 0 Å². The van der Waals surface area contributed by atoms with Crippen molar-refractivity contribution >= 4 is 0 Å². The summed E-state index contributed by atoms with van der Waals surface area (Å²) in [6.07, 6.45) is 3.38. The van der Waals surface area contributed by atoms with E-state index in [1.807, 2.05) is 6.07 Å². The first kappa shape index (κ1) is 16.2. The molecule has 0 spiro atoms. The summed E-state index contributed by atoms with van der Waals surface area (Å²) in [5, 5.41) is 0. The molecule has 2 atom stereocenters. The van der Waals surface area contributed by atoms with Gasteiger partial charge >= 0.3 is 0 Å². The molecule has 132 valence electrons. The third kappa shape index (κ3) is 3.53. The van der Waals surface area contributed by atoms with Gasteiger partial charge in [0.1, 0.15) is 25.3 Å². The summed E-state index contributed by atoms with van der Waals surface area (Å²) < 4.78 is 16.8. The first-order chi connectivity index (χ1) is 11.7. The largest absolute Gasteiger partial charge is 0.454 e. The summed E-state index contributed by atoms with van der Waals surface area (Å²) >= 11 is 0. The normalized spacial score (nSPS) is 31.3. The third-order valence-corrected chi connectivity index (χ3v) is 5.57. The lowest BCUT2D eigenvalue weighted by atomic mass is 10.0. The Morgan fingerprint density at radius 1 is 1.04 bits per heavy atom. The Labute approximate surface area is 144 Å². The average Bonchev–Trinajstić information content (AvgIpc) is 3.02. The van der Waals surface area contributed by atoms with E-state index in [2.05, 4.69) is 30.9 Å². The Bertz CT molecular complexity index is 562. The van der Waals surface area contributed by atoms with Crippen molar-refractivity contribution < 1.29 is 19.1 Å². The minimum atomic E-state index is 0.351. The number of hydrogen-bond acceptors (Lipinski definition) is 4. The van der Waals surface area contributed by atoms with Crippen LogP contribution in [0, 0.1) is 0 Å². The smallest absolute Gasteiger partial charge is 0.231 e. The fourth-order valence-corrected chi connectivity index (χ4v) is 4.44. The molecule has 0 radical (unpaired) electrons. The van der Waals surface area contributed by atoms with Crippen molar-refractivity contribution in [3.8, 4) is 11.5 Å². The number of ether oxygens (including phenoxy) is 3. The van der Waals surface area contributed by atoms with E-state index in [9.17, 15) is 0 Å². The molecule has 0 amide bonds. The molecule has 2 unspecified atom stereocenters. The number of benzene rings is 1. The molecule has 3 heterocycles. The van der Waals surface area contributed by atoms with Crippen LogP contribution in [0.5, 0.6) is 11.5 Å². The fraction of sp³-hybridized carbons (Fsp3) is 0.684. The molecule has 5 nitrogen and oxygen atoms in total. The fourth-order valence-electron chi connectivity index (χ4n) is 4.44.